The van der Waals surface area contributed by atoms with E-state index in [1.807, 2.05) is 0 Å². The van der Waals surface area contributed by atoms with Crippen LogP contribution in [-0.4, -0.2) is 52.8 Å². The van der Waals surface area contributed by atoms with Gasteiger partial charge in [0.15, 0.2) is 11.5 Å². The maximum Gasteiger partial charge on any atom is 0.338 e. The molecule has 2 aromatic carbocycles. The van der Waals surface area contributed by atoms with Gasteiger partial charge in [0, 0.05) is 5.69 Å². The number of aromatic hydroxyl groups is 1. The molecule has 0 atom stereocenters. The summed E-state index contributed by atoms with van der Waals surface area (Å²) < 4.78 is 10.2. The predicted molar refractivity (Wildman–Crippen MR) is 123 cm³/mol. The highest BCUT2D eigenvalue weighted by molar-refractivity contribution is 8.18. The normalized spacial score (nSPS) is 14.5. The minimum atomic E-state index is -0.594. The molecule has 0 unspecified atom stereocenters. The molecule has 3 amide bonds. The molecule has 172 valence electrons. The summed E-state index contributed by atoms with van der Waals surface area (Å²) in [4.78, 5) is 50.1. The maximum atomic E-state index is 12.7. The van der Waals surface area contributed by atoms with Crippen molar-refractivity contribution < 1.29 is 33.8 Å². The molecule has 2 N–H and O–H groups in total. The van der Waals surface area contributed by atoms with Crippen molar-refractivity contribution in [1.82, 2.24) is 4.90 Å². The van der Waals surface area contributed by atoms with Gasteiger partial charge in [-0.05, 0) is 73.6 Å². The number of nitrogens with one attached hydrogen (secondary N) is 1. The molecule has 0 radical (unpaired) electrons. The molecule has 1 aliphatic heterocycles. The van der Waals surface area contributed by atoms with Crippen LogP contribution < -0.4 is 10.1 Å². The van der Waals surface area contributed by atoms with E-state index in [2.05, 4.69) is 5.32 Å². The third kappa shape index (κ3) is 5.92. The second-order valence-electron chi connectivity index (χ2n) is 6.77. The van der Waals surface area contributed by atoms with Gasteiger partial charge in [0.1, 0.15) is 6.54 Å². The molecule has 1 aliphatic rings. The molecule has 9 nitrogen and oxygen atoms in total. The Bertz CT molecular complexity index is 1110. The van der Waals surface area contributed by atoms with Crippen LogP contribution in [0.3, 0.4) is 0 Å². The highest BCUT2D eigenvalue weighted by Crippen LogP contribution is 2.34. The SMILES string of the molecule is CCOC(=O)c1ccc(NC(=O)CN2C(=O)S/C(=C\c3ccc(O)c(OCC)c3)C2=O)cc1. The van der Waals surface area contributed by atoms with Crippen molar-refractivity contribution in [2.45, 2.75) is 13.8 Å². The van der Waals surface area contributed by atoms with Gasteiger partial charge in [0.05, 0.1) is 23.7 Å². The van der Waals surface area contributed by atoms with Gasteiger partial charge < -0.3 is 19.9 Å². The Hall–Kier alpha value is -3.79. The van der Waals surface area contributed by atoms with E-state index < -0.39 is 29.6 Å². The second kappa shape index (κ2) is 10.7. The van der Waals surface area contributed by atoms with E-state index in [9.17, 15) is 24.3 Å². The number of thioether (sulfide) groups is 1. The molecule has 0 spiro atoms. The third-order valence-electron chi connectivity index (χ3n) is 4.44. The lowest BCUT2D eigenvalue weighted by Gasteiger charge is -2.12. The van der Waals surface area contributed by atoms with Crippen molar-refractivity contribution in [3.63, 3.8) is 0 Å². The molecule has 2 aromatic rings. The molecule has 0 aromatic heterocycles. The fourth-order valence-electron chi connectivity index (χ4n) is 2.93. The fourth-order valence-corrected chi connectivity index (χ4v) is 3.77. The summed E-state index contributed by atoms with van der Waals surface area (Å²) in [5, 5.41) is 11.8. The zero-order chi connectivity index (χ0) is 24.0. The van der Waals surface area contributed by atoms with Crippen LogP contribution in [0.1, 0.15) is 29.8 Å². The lowest BCUT2D eigenvalue weighted by Crippen LogP contribution is -2.36. The lowest BCUT2D eigenvalue weighted by atomic mass is 10.2. The summed E-state index contributed by atoms with van der Waals surface area (Å²) in [6.45, 7) is 3.63. The van der Waals surface area contributed by atoms with Gasteiger partial charge in [-0.25, -0.2) is 4.79 Å². The Morgan fingerprint density at radius 3 is 2.48 bits per heavy atom. The van der Waals surface area contributed by atoms with E-state index in [1.54, 1.807) is 26.0 Å². The molecule has 33 heavy (non-hydrogen) atoms. The number of phenolic OH excluding ortho intramolecular Hbond substituents is 1. The number of nitrogens with zero attached hydrogens (tertiary/aromatic N) is 1. The predicted octanol–water partition coefficient (Wildman–Crippen LogP) is 3.64. The number of esters is 1. The van der Waals surface area contributed by atoms with E-state index in [4.69, 9.17) is 9.47 Å². The minimum Gasteiger partial charge on any atom is -0.504 e. The minimum absolute atomic E-state index is 0.0333. The number of carbonyl (C=O) groups excluding carboxylic acids is 4. The van der Waals surface area contributed by atoms with Crippen LogP contribution in [0.25, 0.3) is 6.08 Å². The van der Waals surface area contributed by atoms with Gasteiger partial charge >= 0.3 is 5.97 Å². The Balaban J connectivity index is 1.65. The summed E-state index contributed by atoms with van der Waals surface area (Å²) >= 11 is 0.722. The van der Waals surface area contributed by atoms with Crippen LogP contribution in [0.15, 0.2) is 47.4 Å². The van der Waals surface area contributed by atoms with Crippen molar-refractivity contribution in [3.8, 4) is 11.5 Å². The first-order chi connectivity index (χ1) is 15.8. The first kappa shape index (κ1) is 23.9. The first-order valence-electron chi connectivity index (χ1n) is 10.1. The van der Waals surface area contributed by atoms with Crippen molar-refractivity contribution in [2.24, 2.45) is 0 Å². The van der Waals surface area contributed by atoms with Crippen molar-refractivity contribution in [1.29, 1.82) is 0 Å². The number of ether oxygens (including phenoxy) is 2. The molecular formula is C23H22N2O7S. The third-order valence-corrected chi connectivity index (χ3v) is 5.34. The average molecular weight is 471 g/mol. The number of amides is 3. The van der Waals surface area contributed by atoms with Crippen LogP contribution in [0.2, 0.25) is 0 Å². The number of anilines is 1. The second-order valence-corrected chi connectivity index (χ2v) is 7.77. The summed E-state index contributed by atoms with van der Waals surface area (Å²) in [6, 6.07) is 10.6. The largest absolute Gasteiger partial charge is 0.504 e. The smallest absolute Gasteiger partial charge is 0.338 e. The van der Waals surface area contributed by atoms with Crippen LogP contribution in [0.5, 0.6) is 11.5 Å². The standard InChI is InChI=1S/C23H22N2O7S/c1-3-31-18-11-14(5-10-17(18)26)12-19-21(28)25(23(30)33-19)13-20(27)24-16-8-6-15(7-9-16)22(29)32-4-2/h5-12,26H,3-4,13H2,1-2H3,(H,24,27)/b19-12-. The number of phenols is 1. The van der Waals surface area contributed by atoms with E-state index >= 15 is 0 Å². The summed E-state index contributed by atoms with van der Waals surface area (Å²) in [7, 11) is 0. The molecule has 0 aliphatic carbocycles. The van der Waals surface area contributed by atoms with E-state index in [1.165, 1.54) is 36.4 Å². The molecule has 0 bridgehead atoms. The number of benzene rings is 2. The number of hydrogen-bond donors (Lipinski definition) is 2. The van der Waals surface area contributed by atoms with E-state index in [-0.39, 0.29) is 23.0 Å². The van der Waals surface area contributed by atoms with Crippen LogP contribution in [0.4, 0.5) is 10.5 Å². The molecule has 10 heteroatoms. The Morgan fingerprint density at radius 2 is 1.82 bits per heavy atom. The number of rotatable bonds is 8. The van der Waals surface area contributed by atoms with E-state index in [0.29, 0.717) is 23.4 Å². The summed E-state index contributed by atoms with van der Waals surface area (Å²) in [6.07, 6.45) is 1.50. The number of hydrogen-bond acceptors (Lipinski definition) is 8. The summed E-state index contributed by atoms with van der Waals surface area (Å²) in [5.74, 6) is -1.40. The van der Waals surface area contributed by atoms with Gasteiger partial charge in [0.25, 0.3) is 11.1 Å². The Kier molecular flexibility index (Phi) is 7.73. The quantitative estimate of drug-likeness (QED) is 0.443. The van der Waals surface area contributed by atoms with Crippen LogP contribution >= 0.6 is 11.8 Å². The van der Waals surface area contributed by atoms with E-state index in [0.717, 1.165) is 16.7 Å². The zero-order valence-corrected chi connectivity index (χ0v) is 18.8. The highest BCUT2D eigenvalue weighted by Gasteiger charge is 2.36. The zero-order valence-electron chi connectivity index (χ0n) is 18.0. The monoisotopic (exact) mass is 470 g/mol. The van der Waals surface area contributed by atoms with Crippen LogP contribution in [0, 0.1) is 0 Å². The van der Waals surface area contributed by atoms with Crippen molar-refractivity contribution in [2.75, 3.05) is 25.1 Å². The molecule has 1 saturated heterocycles. The highest BCUT2D eigenvalue weighted by atomic mass is 32.2. The molecule has 1 heterocycles. The summed E-state index contributed by atoms with van der Waals surface area (Å²) in [5.41, 5.74) is 1.31. The molecule has 3 rings (SSSR count). The molecule has 0 saturated carbocycles. The Morgan fingerprint density at radius 1 is 1.09 bits per heavy atom. The van der Waals surface area contributed by atoms with Crippen LogP contribution in [-0.2, 0) is 14.3 Å². The van der Waals surface area contributed by atoms with Gasteiger partial charge in [-0.2, -0.15) is 0 Å². The Labute approximate surface area is 194 Å². The van der Waals surface area contributed by atoms with Crippen molar-refractivity contribution >= 4 is 46.5 Å². The fraction of sp³-hybridized carbons (Fsp3) is 0.217. The van der Waals surface area contributed by atoms with Crippen molar-refractivity contribution in [3.05, 3.63) is 58.5 Å². The molecular weight excluding hydrogens is 448 g/mol. The van der Waals surface area contributed by atoms with Gasteiger partial charge in [0.2, 0.25) is 5.91 Å². The number of carbonyl (C=O) groups is 4. The van der Waals surface area contributed by atoms with Gasteiger partial charge in [-0.15, -0.1) is 0 Å². The number of imide groups is 1. The molecule has 1 fully saturated rings. The van der Waals surface area contributed by atoms with Gasteiger partial charge in [-0.1, -0.05) is 6.07 Å². The van der Waals surface area contributed by atoms with Gasteiger partial charge in [-0.3, -0.25) is 19.3 Å². The first-order valence-corrected chi connectivity index (χ1v) is 10.9. The lowest BCUT2D eigenvalue weighted by molar-refractivity contribution is -0.127. The topological polar surface area (TPSA) is 122 Å². The average Bonchev–Trinajstić information content (AvgIpc) is 3.04. The maximum absolute atomic E-state index is 12.7.